The molecule has 1 unspecified atom stereocenters. The van der Waals surface area contributed by atoms with Crippen LogP contribution in [0, 0.1) is 0 Å². The van der Waals surface area contributed by atoms with Crippen LogP contribution in [0.5, 0.6) is 5.75 Å². The molecule has 0 aromatic heterocycles. The van der Waals surface area contributed by atoms with E-state index < -0.39 is 17.9 Å². The molecule has 0 heterocycles. The number of carbonyl (C=O) groups excluding carboxylic acids is 1. The van der Waals surface area contributed by atoms with Gasteiger partial charge in [-0.05, 0) is 18.2 Å². The van der Waals surface area contributed by atoms with Crippen LogP contribution in [0.2, 0.25) is 5.02 Å². The van der Waals surface area contributed by atoms with Crippen molar-refractivity contribution < 1.29 is 24.5 Å². The van der Waals surface area contributed by atoms with Crippen LogP contribution < -0.4 is 5.32 Å². The van der Waals surface area contributed by atoms with Crippen LogP contribution in [0.15, 0.2) is 18.2 Å². The molecule has 1 aromatic rings. The Labute approximate surface area is 108 Å². The third kappa shape index (κ3) is 3.61. The molecule has 18 heavy (non-hydrogen) atoms. The third-order valence-corrected chi connectivity index (χ3v) is 2.45. The van der Waals surface area contributed by atoms with Gasteiger partial charge in [0.1, 0.15) is 5.75 Å². The summed E-state index contributed by atoms with van der Waals surface area (Å²) in [5.74, 6) is -1.96. The van der Waals surface area contributed by atoms with E-state index >= 15 is 0 Å². The number of aliphatic carboxylic acids is 1. The van der Waals surface area contributed by atoms with Crippen LogP contribution in [0.3, 0.4) is 0 Å². The van der Waals surface area contributed by atoms with E-state index in [-0.39, 0.29) is 22.9 Å². The van der Waals surface area contributed by atoms with Gasteiger partial charge in [0.25, 0.3) is 5.91 Å². The number of amides is 1. The van der Waals surface area contributed by atoms with Crippen molar-refractivity contribution in [1.29, 1.82) is 0 Å². The number of phenols is 1. The van der Waals surface area contributed by atoms with Crippen molar-refractivity contribution in [3.8, 4) is 5.75 Å². The summed E-state index contributed by atoms with van der Waals surface area (Å²) < 4.78 is 4.68. The van der Waals surface area contributed by atoms with Gasteiger partial charge in [0.05, 0.1) is 11.6 Å². The first-order chi connectivity index (χ1) is 8.45. The van der Waals surface area contributed by atoms with Gasteiger partial charge in [-0.3, -0.25) is 4.79 Å². The monoisotopic (exact) mass is 273 g/mol. The first kappa shape index (κ1) is 14.3. The Kier molecular flexibility index (Phi) is 4.94. The van der Waals surface area contributed by atoms with Crippen molar-refractivity contribution in [3.05, 3.63) is 28.8 Å². The van der Waals surface area contributed by atoms with E-state index in [9.17, 15) is 14.7 Å². The Morgan fingerprint density at radius 3 is 2.67 bits per heavy atom. The number of ether oxygens (including phenoxy) is 1. The fourth-order valence-corrected chi connectivity index (χ4v) is 1.41. The molecular weight excluding hydrogens is 262 g/mol. The van der Waals surface area contributed by atoms with E-state index in [4.69, 9.17) is 16.7 Å². The Morgan fingerprint density at radius 2 is 2.17 bits per heavy atom. The molecule has 98 valence electrons. The number of hydrogen-bond donors (Lipinski definition) is 3. The summed E-state index contributed by atoms with van der Waals surface area (Å²) >= 11 is 5.65. The predicted octanol–water partition coefficient (Wildman–Crippen LogP) is 0.875. The first-order valence-corrected chi connectivity index (χ1v) is 5.34. The van der Waals surface area contributed by atoms with Crippen molar-refractivity contribution in [2.45, 2.75) is 6.04 Å². The van der Waals surface area contributed by atoms with Crippen LogP contribution in [0.25, 0.3) is 0 Å². The molecule has 0 radical (unpaired) electrons. The highest BCUT2D eigenvalue weighted by Crippen LogP contribution is 2.23. The summed E-state index contributed by atoms with van der Waals surface area (Å²) in [6.45, 7) is -0.146. The number of methoxy groups -OCH3 is 1. The molecule has 0 aliphatic rings. The molecule has 0 saturated carbocycles. The van der Waals surface area contributed by atoms with Crippen LogP contribution in [0.4, 0.5) is 0 Å². The minimum absolute atomic E-state index is 0.0151. The lowest BCUT2D eigenvalue weighted by Gasteiger charge is -2.13. The molecule has 1 rings (SSSR count). The number of aromatic hydroxyl groups is 1. The minimum atomic E-state index is -1.20. The molecule has 7 heteroatoms. The number of nitrogens with one attached hydrogen (secondary N) is 1. The Morgan fingerprint density at radius 1 is 1.50 bits per heavy atom. The molecule has 0 fully saturated rings. The first-order valence-electron chi connectivity index (χ1n) is 4.96. The maximum Gasteiger partial charge on any atom is 0.328 e. The van der Waals surface area contributed by atoms with Crippen molar-refractivity contribution >= 4 is 23.5 Å². The van der Waals surface area contributed by atoms with Gasteiger partial charge in [0.2, 0.25) is 0 Å². The lowest BCUT2D eigenvalue weighted by atomic mass is 10.2. The third-order valence-electron chi connectivity index (χ3n) is 2.15. The van der Waals surface area contributed by atoms with Crippen LogP contribution >= 0.6 is 11.6 Å². The Bertz CT molecular complexity index is 463. The number of halogens is 1. The van der Waals surface area contributed by atoms with Gasteiger partial charge in [0, 0.05) is 12.7 Å². The van der Waals surface area contributed by atoms with Gasteiger partial charge >= 0.3 is 5.97 Å². The summed E-state index contributed by atoms with van der Waals surface area (Å²) in [4.78, 5) is 22.5. The average molecular weight is 274 g/mol. The lowest BCUT2D eigenvalue weighted by Crippen LogP contribution is -2.43. The highest BCUT2D eigenvalue weighted by atomic mass is 35.5. The second-order valence-corrected chi connectivity index (χ2v) is 3.89. The molecule has 0 aliphatic carbocycles. The molecule has 0 spiro atoms. The van der Waals surface area contributed by atoms with Crippen LogP contribution in [-0.4, -0.2) is 41.8 Å². The molecule has 0 bridgehead atoms. The number of phenolic OH excluding ortho intramolecular Hbond substituents is 1. The SMILES string of the molecule is COCC(NC(=O)c1ccc(O)c(Cl)c1)C(=O)O. The van der Waals surface area contributed by atoms with E-state index in [0.717, 1.165) is 0 Å². The van der Waals surface area contributed by atoms with E-state index in [1.54, 1.807) is 0 Å². The van der Waals surface area contributed by atoms with Crippen molar-refractivity contribution in [2.75, 3.05) is 13.7 Å². The van der Waals surface area contributed by atoms with Gasteiger partial charge in [-0.1, -0.05) is 11.6 Å². The fraction of sp³-hybridized carbons (Fsp3) is 0.273. The highest BCUT2D eigenvalue weighted by molar-refractivity contribution is 6.32. The lowest BCUT2D eigenvalue weighted by molar-refractivity contribution is -0.140. The molecule has 3 N–H and O–H groups in total. The topological polar surface area (TPSA) is 95.9 Å². The van der Waals surface area contributed by atoms with Gasteiger partial charge in [0.15, 0.2) is 6.04 Å². The minimum Gasteiger partial charge on any atom is -0.506 e. The standard InChI is InChI=1S/C11H12ClNO5/c1-18-5-8(11(16)17)13-10(15)6-2-3-9(14)7(12)4-6/h2-4,8,14H,5H2,1H3,(H,13,15)(H,16,17). The quantitative estimate of drug-likeness (QED) is 0.740. The second kappa shape index (κ2) is 6.23. The number of carbonyl (C=O) groups is 2. The van der Waals surface area contributed by atoms with E-state index in [2.05, 4.69) is 10.1 Å². The Hall–Kier alpha value is -1.79. The highest BCUT2D eigenvalue weighted by Gasteiger charge is 2.20. The largest absolute Gasteiger partial charge is 0.506 e. The number of benzene rings is 1. The molecule has 6 nitrogen and oxygen atoms in total. The summed E-state index contributed by atoms with van der Waals surface area (Å²) in [5.41, 5.74) is 0.153. The normalized spacial score (nSPS) is 11.9. The number of carboxylic acids is 1. The van der Waals surface area contributed by atoms with Crippen LogP contribution in [-0.2, 0) is 9.53 Å². The van der Waals surface area contributed by atoms with E-state index in [1.807, 2.05) is 0 Å². The number of rotatable bonds is 5. The summed E-state index contributed by atoms with van der Waals surface area (Å²) in [7, 11) is 1.33. The zero-order valence-corrected chi connectivity index (χ0v) is 10.3. The summed E-state index contributed by atoms with van der Waals surface area (Å²) in [5, 5.41) is 20.3. The van der Waals surface area contributed by atoms with E-state index in [0.29, 0.717) is 0 Å². The zero-order valence-electron chi connectivity index (χ0n) is 9.51. The molecular formula is C11H12ClNO5. The summed E-state index contributed by atoms with van der Waals surface area (Å²) in [6, 6.07) is 2.69. The smallest absolute Gasteiger partial charge is 0.328 e. The Balaban J connectivity index is 2.80. The van der Waals surface area contributed by atoms with Gasteiger partial charge in [-0.2, -0.15) is 0 Å². The fourth-order valence-electron chi connectivity index (χ4n) is 1.23. The van der Waals surface area contributed by atoms with Gasteiger partial charge in [-0.15, -0.1) is 0 Å². The predicted molar refractivity (Wildman–Crippen MR) is 63.9 cm³/mol. The number of carboxylic acid groups (broad SMARTS) is 1. The van der Waals surface area contributed by atoms with Crippen molar-refractivity contribution in [2.24, 2.45) is 0 Å². The zero-order chi connectivity index (χ0) is 13.7. The van der Waals surface area contributed by atoms with Gasteiger partial charge in [-0.25, -0.2) is 4.79 Å². The molecule has 1 aromatic carbocycles. The summed E-state index contributed by atoms with van der Waals surface area (Å²) in [6.07, 6.45) is 0. The molecule has 0 aliphatic heterocycles. The average Bonchev–Trinajstić information content (AvgIpc) is 2.31. The maximum atomic E-state index is 11.7. The molecule has 0 saturated heterocycles. The van der Waals surface area contributed by atoms with Crippen molar-refractivity contribution in [1.82, 2.24) is 5.32 Å². The van der Waals surface area contributed by atoms with Gasteiger partial charge < -0.3 is 20.3 Å². The second-order valence-electron chi connectivity index (χ2n) is 3.49. The maximum absolute atomic E-state index is 11.7. The van der Waals surface area contributed by atoms with E-state index in [1.165, 1.54) is 25.3 Å². The van der Waals surface area contributed by atoms with Crippen LogP contribution in [0.1, 0.15) is 10.4 Å². The van der Waals surface area contributed by atoms with Crippen molar-refractivity contribution in [3.63, 3.8) is 0 Å². The number of hydrogen-bond acceptors (Lipinski definition) is 4. The molecule has 1 atom stereocenters. The molecule has 1 amide bonds.